The lowest BCUT2D eigenvalue weighted by Gasteiger charge is -2.03. The van der Waals surface area contributed by atoms with Crippen LogP contribution in [0.2, 0.25) is 0 Å². The number of hydrogen-bond acceptors (Lipinski definition) is 2. The average Bonchev–Trinajstić information content (AvgIpc) is 2.09. The smallest absolute Gasteiger partial charge is 0.154 e. The molecule has 0 aromatic heterocycles. The zero-order valence-corrected chi connectivity index (χ0v) is 9.73. The van der Waals surface area contributed by atoms with Crippen LogP contribution in [0.5, 0.6) is 0 Å². The molecule has 0 saturated heterocycles. The van der Waals surface area contributed by atoms with E-state index >= 15 is 0 Å². The summed E-state index contributed by atoms with van der Waals surface area (Å²) in [5.41, 5.74) is 0.823. The highest BCUT2D eigenvalue weighted by atomic mass is 79.9. The highest BCUT2D eigenvalue weighted by molar-refractivity contribution is 9.10. The minimum atomic E-state index is -2.93. The number of hydrogen-bond donors (Lipinski definition) is 0. The van der Waals surface area contributed by atoms with Gasteiger partial charge in [0.15, 0.2) is 9.84 Å². The molecular weight excluding hydrogens is 252 g/mol. The Bertz CT molecular complexity index is 384. The maximum absolute atomic E-state index is 11.3. The van der Waals surface area contributed by atoms with Gasteiger partial charge >= 0.3 is 0 Å². The van der Waals surface area contributed by atoms with Gasteiger partial charge in [0.25, 0.3) is 0 Å². The first-order valence-corrected chi connectivity index (χ1v) is 6.60. The molecule has 0 unspecified atom stereocenters. The highest BCUT2D eigenvalue weighted by Gasteiger charge is 2.10. The molecule has 0 bridgehead atoms. The zero-order chi connectivity index (χ0) is 9.90. The summed E-state index contributed by atoms with van der Waals surface area (Å²) in [6.07, 6.45) is 0. The fraction of sp³-hybridized carbons (Fsp3) is 0.333. The first-order chi connectivity index (χ1) is 6.05. The summed E-state index contributed by atoms with van der Waals surface area (Å²) in [7, 11) is -2.93. The Kier molecular flexibility index (Phi) is 3.50. The third-order valence-electron chi connectivity index (χ3n) is 1.77. The molecule has 0 aliphatic carbocycles. The molecular formula is C9H11BrO2S. The van der Waals surface area contributed by atoms with Crippen LogP contribution in [0.4, 0.5) is 0 Å². The standard InChI is InChI=1S/C9H11BrO2S/c1-2-13(11,12)7-8-5-3-4-6-9(8)10/h3-6H,2,7H2,1H3. The Hall–Kier alpha value is -0.350. The van der Waals surface area contributed by atoms with Gasteiger partial charge in [-0.25, -0.2) is 8.42 Å². The van der Waals surface area contributed by atoms with E-state index in [1.54, 1.807) is 6.92 Å². The van der Waals surface area contributed by atoms with Gasteiger partial charge in [0, 0.05) is 10.2 Å². The van der Waals surface area contributed by atoms with Gasteiger partial charge in [0.2, 0.25) is 0 Å². The second-order valence-electron chi connectivity index (χ2n) is 2.77. The SMILES string of the molecule is CCS(=O)(=O)Cc1ccccc1Br. The van der Waals surface area contributed by atoms with E-state index in [1.165, 1.54) is 0 Å². The summed E-state index contributed by atoms with van der Waals surface area (Å²) in [6.45, 7) is 1.66. The van der Waals surface area contributed by atoms with Gasteiger partial charge in [-0.15, -0.1) is 0 Å². The van der Waals surface area contributed by atoms with Crippen molar-refractivity contribution in [3.63, 3.8) is 0 Å². The molecule has 72 valence electrons. The largest absolute Gasteiger partial charge is 0.229 e. The van der Waals surface area contributed by atoms with Crippen molar-refractivity contribution in [1.82, 2.24) is 0 Å². The topological polar surface area (TPSA) is 34.1 Å². The minimum Gasteiger partial charge on any atom is -0.229 e. The molecule has 1 aromatic rings. The van der Waals surface area contributed by atoms with Gasteiger partial charge in [-0.2, -0.15) is 0 Å². The lowest BCUT2D eigenvalue weighted by atomic mass is 10.2. The van der Waals surface area contributed by atoms with Crippen molar-refractivity contribution in [3.8, 4) is 0 Å². The Balaban J connectivity index is 2.93. The summed E-state index contributed by atoms with van der Waals surface area (Å²) in [5, 5.41) is 0. The highest BCUT2D eigenvalue weighted by Crippen LogP contribution is 2.18. The molecule has 0 N–H and O–H groups in total. The summed E-state index contributed by atoms with van der Waals surface area (Å²) >= 11 is 3.31. The minimum absolute atomic E-state index is 0.116. The fourth-order valence-corrected chi connectivity index (χ4v) is 2.49. The quantitative estimate of drug-likeness (QED) is 0.839. The Morgan fingerprint density at radius 3 is 2.46 bits per heavy atom. The zero-order valence-electron chi connectivity index (χ0n) is 7.33. The summed E-state index contributed by atoms with van der Waals surface area (Å²) in [5.74, 6) is 0.305. The number of halogens is 1. The van der Waals surface area contributed by atoms with Crippen LogP contribution < -0.4 is 0 Å². The third kappa shape index (κ3) is 3.12. The van der Waals surface area contributed by atoms with Crippen LogP contribution in [-0.2, 0) is 15.6 Å². The maximum atomic E-state index is 11.3. The maximum Gasteiger partial charge on any atom is 0.154 e. The van der Waals surface area contributed by atoms with Gasteiger partial charge in [-0.1, -0.05) is 41.1 Å². The van der Waals surface area contributed by atoms with E-state index in [2.05, 4.69) is 15.9 Å². The molecule has 0 saturated carbocycles. The molecule has 0 amide bonds. The Labute approximate surface area is 87.0 Å². The lowest BCUT2D eigenvalue weighted by Crippen LogP contribution is -2.06. The van der Waals surface area contributed by atoms with Crippen molar-refractivity contribution in [1.29, 1.82) is 0 Å². The molecule has 0 radical (unpaired) electrons. The second kappa shape index (κ2) is 4.24. The molecule has 0 aliphatic rings. The molecule has 0 aliphatic heterocycles. The Morgan fingerprint density at radius 2 is 1.92 bits per heavy atom. The predicted molar refractivity (Wildman–Crippen MR) is 57.3 cm³/mol. The van der Waals surface area contributed by atoms with Crippen LogP contribution in [0.15, 0.2) is 28.7 Å². The molecule has 0 heterocycles. The average molecular weight is 263 g/mol. The van der Waals surface area contributed by atoms with E-state index < -0.39 is 9.84 Å². The van der Waals surface area contributed by atoms with Crippen LogP contribution in [0.1, 0.15) is 12.5 Å². The van der Waals surface area contributed by atoms with Crippen LogP contribution in [0.3, 0.4) is 0 Å². The van der Waals surface area contributed by atoms with Gasteiger partial charge in [0.05, 0.1) is 5.75 Å². The molecule has 4 heteroatoms. The van der Waals surface area contributed by atoms with Crippen molar-refractivity contribution >= 4 is 25.8 Å². The monoisotopic (exact) mass is 262 g/mol. The van der Waals surface area contributed by atoms with Crippen LogP contribution >= 0.6 is 15.9 Å². The molecule has 1 rings (SSSR count). The molecule has 1 aromatic carbocycles. The normalized spacial score (nSPS) is 11.5. The van der Waals surface area contributed by atoms with Crippen molar-refractivity contribution in [3.05, 3.63) is 34.3 Å². The molecule has 0 spiro atoms. The van der Waals surface area contributed by atoms with Gasteiger partial charge < -0.3 is 0 Å². The fourth-order valence-electron chi connectivity index (χ4n) is 0.954. The number of sulfone groups is 1. The van der Waals surface area contributed by atoms with E-state index in [-0.39, 0.29) is 11.5 Å². The summed E-state index contributed by atoms with van der Waals surface area (Å²) in [4.78, 5) is 0. The Morgan fingerprint density at radius 1 is 1.31 bits per heavy atom. The van der Waals surface area contributed by atoms with Gasteiger partial charge in [0.1, 0.15) is 0 Å². The van der Waals surface area contributed by atoms with Crippen molar-refractivity contribution < 1.29 is 8.42 Å². The van der Waals surface area contributed by atoms with Crippen molar-refractivity contribution in [2.75, 3.05) is 5.75 Å². The van der Waals surface area contributed by atoms with E-state index in [1.807, 2.05) is 24.3 Å². The first kappa shape index (κ1) is 10.7. The second-order valence-corrected chi connectivity index (χ2v) is 5.98. The third-order valence-corrected chi connectivity index (χ3v) is 4.18. The van der Waals surface area contributed by atoms with Crippen LogP contribution in [0.25, 0.3) is 0 Å². The summed E-state index contributed by atoms with van der Waals surface area (Å²) < 4.78 is 23.5. The van der Waals surface area contributed by atoms with Crippen LogP contribution in [0, 0.1) is 0 Å². The van der Waals surface area contributed by atoms with E-state index in [9.17, 15) is 8.42 Å². The molecule has 0 fully saturated rings. The lowest BCUT2D eigenvalue weighted by molar-refractivity contribution is 0.596. The van der Waals surface area contributed by atoms with E-state index in [4.69, 9.17) is 0 Å². The molecule has 0 atom stereocenters. The van der Waals surface area contributed by atoms with Crippen molar-refractivity contribution in [2.45, 2.75) is 12.7 Å². The van der Waals surface area contributed by atoms with E-state index in [0.29, 0.717) is 0 Å². The molecule has 13 heavy (non-hydrogen) atoms. The summed E-state index contributed by atoms with van der Waals surface area (Å²) in [6, 6.07) is 7.37. The first-order valence-electron chi connectivity index (χ1n) is 3.99. The predicted octanol–water partition coefficient (Wildman–Crippen LogP) is 2.38. The van der Waals surface area contributed by atoms with Crippen LogP contribution in [-0.4, -0.2) is 14.2 Å². The number of rotatable bonds is 3. The number of benzene rings is 1. The van der Waals surface area contributed by atoms with Gasteiger partial charge in [-0.05, 0) is 11.6 Å². The van der Waals surface area contributed by atoms with Crippen molar-refractivity contribution in [2.24, 2.45) is 0 Å². The molecule has 2 nitrogen and oxygen atoms in total. The van der Waals surface area contributed by atoms with E-state index in [0.717, 1.165) is 10.0 Å². The van der Waals surface area contributed by atoms with Gasteiger partial charge in [-0.3, -0.25) is 0 Å².